The second-order valence-corrected chi connectivity index (χ2v) is 8.93. The van der Waals surface area contributed by atoms with Gasteiger partial charge in [-0.1, -0.05) is 29.5 Å². The predicted molar refractivity (Wildman–Crippen MR) is 138 cm³/mol. The van der Waals surface area contributed by atoms with Crippen LogP contribution in [0.3, 0.4) is 0 Å². The third-order valence-electron chi connectivity index (χ3n) is 5.73. The van der Waals surface area contributed by atoms with Crippen LogP contribution in [0, 0.1) is 0 Å². The average Bonchev–Trinajstić information content (AvgIpc) is 3.18. The highest BCUT2D eigenvalue weighted by atomic mass is 32.1. The fourth-order valence-electron chi connectivity index (χ4n) is 4.09. The molecule has 2 heterocycles. The van der Waals surface area contributed by atoms with Crippen molar-refractivity contribution in [3.63, 3.8) is 0 Å². The van der Waals surface area contributed by atoms with E-state index in [0.717, 1.165) is 11.1 Å². The number of nitrogens with zero attached hydrogens (tertiary/aromatic N) is 2. The van der Waals surface area contributed by atoms with Crippen LogP contribution in [0.5, 0.6) is 17.2 Å². The molecule has 0 bridgehead atoms. The molecule has 0 N–H and O–H groups in total. The number of allylic oxidation sites excluding steroid dienone is 1. The van der Waals surface area contributed by atoms with Gasteiger partial charge in [-0.05, 0) is 62.2 Å². The number of methoxy groups -OCH3 is 2. The van der Waals surface area contributed by atoms with Crippen LogP contribution in [-0.2, 0) is 9.53 Å². The molecule has 1 atom stereocenters. The smallest absolute Gasteiger partial charge is 0.338 e. The lowest BCUT2D eigenvalue weighted by molar-refractivity contribution is -0.139. The topological polar surface area (TPSA) is 88.4 Å². The Morgan fingerprint density at radius 3 is 2.44 bits per heavy atom. The van der Waals surface area contributed by atoms with Crippen molar-refractivity contribution in [3.05, 3.63) is 84.5 Å². The Kier molecular flexibility index (Phi) is 7.59. The quantitative estimate of drug-likeness (QED) is 0.434. The van der Waals surface area contributed by atoms with Crippen LogP contribution in [0.2, 0.25) is 0 Å². The minimum Gasteiger partial charge on any atom is -0.497 e. The van der Waals surface area contributed by atoms with E-state index in [9.17, 15) is 9.59 Å². The number of hydrogen-bond donors (Lipinski definition) is 0. The number of ether oxygens (including phenoxy) is 4. The second kappa shape index (κ2) is 10.8. The number of fused-ring (bicyclic) bond motifs is 1. The molecule has 8 nitrogen and oxygen atoms in total. The lowest BCUT2D eigenvalue weighted by Crippen LogP contribution is -2.39. The Morgan fingerprint density at radius 1 is 1.06 bits per heavy atom. The maximum absolute atomic E-state index is 13.7. The van der Waals surface area contributed by atoms with Gasteiger partial charge in [-0.2, -0.15) is 0 Å². The molecule has 0 radical (unpaired) electrons. The van der Waals surface area contributed by atoms with Crippen molar-refractivity contribution in [3.8, 4) is 17.2 Å². The zero-order chi connectivity index (χ0) is 25.8. The summed E-state index contributed by atoms with van der Waals surface area (Å²) in [7, 11) is 3.16. The molecular weight excluding hydrogens is 480 g/mol. The van der Waals surface area contributed by atoms with Crippen molar-refractivity contribution in [1.29, 1.82) is 0 Å². The summed E-state index contributed by atoms with van der Waals surface area (Å²) in [6.45, 7) is 6.14. The van der Waals surface area contributed by atoms with Crippen LogP contribution in [0.4, 0.5) is 0 Å². The largest absolute Gasteiger partial charge is 0.497 e. The molecule has 9 heteroatoms. The minimum absolute atomic E-state index is 0.217. The van der Waals surface area contributed by atoms with E-state index in [1.165, 1.54) is 11.3 Å². The van der Waals surface area contributed by atoms with Gasteiger partial charge >= 0.3 is 5.97 Å². The highest BCUT2D eigenvalue weighted by Crippen LogP contribution is 2.32. The van der Waals surface area contributed by atoms with Gasteiger partial charge in [0.05, 0.1) is 49.3 Å². The summed E-state index contributed by atoms with van der Waals surface area (Å²) >= 11 is 1.27. The third-order valence-corrected chi connectivity index (χ3v) is 6.72. The summed E-state index contributed by atoms with van der Waals surface area (Å²) in [6.07, 6.45) is 1.79. The Labute approximate surface area is 212 Å². The first kappa shape index (κ1) is 25.2. The highest BCUT2D eigenvalue weighted by Gasteiger charge is 2.33. The molecule has 0 fully saturated rings. The first-order chi connectivity index (χ1) is 17.4. The number of hydrogen-bond acceptors (Lipinski definition) is 8. The number of carbonyl (C=O) groups is 1. The zero-order valence-corrected chi connectivity index (χ0v) is 21.7. The highest BCUT2D eigenvalue weighted by molar-refractivity contribution is 7.07. The van der Waals surface area contributed by atoms with Crippen LogP contribution in [0.25, 0.3) is 6.08 Å². The fraction of sp³-hybridized carbons (Fsp3) is 0.296. The van der Waals surface area contributed by atoms with Crippen molar-refractivity contribution in [2.45, 2.75) is 26.8 Å². The van der Waals surface area contributed by atoms with E-state index in [1.54, 1.807) is 50.8 Å². The first-order valence-electron chi connectivity index (χ1n) is 11.6. The monoisotopic (exact) mass is 508 g/mol. The van der Waals surface area contributed by atoms with E-state index >= 15 is 0 Å². The molecule has 0 spiro atoms. The van der Waals surface area contributed by atoms with Crippen molar-refractivity contribution in [2.24, 2.45) is 4.99 Å². The maximum Gasteiger partial charge on any atom is 0.338 e. The van der Waals surface area contributed by atoms with Crippen LogP contribution >= 0.6 is 11.3 Å². The second-order valence-electron chi connectivity index (χ2n) is 7.92. The first-order valence-corrected chi connectivity index (χ1v) is 12.4. The van der Waals surface area contributed by atoms with E-state index in [-0.39, 0.29) is 12.2 Å². The van der Waals surface area contributed by atoms with Crippen LogP contribution < -0.4 is 29.1 Å². The number of aromatic nitrogens is 1. The Bertz CT molecular complexity index is 1480. The molecule has 0 amide bonds. The summed E-state index contributed by atoms with van der Waals surface area (Å²) in [5.74, 6) is 1.39. The maximum atomic E-state index is 13.7. The number of carbonyl (C=O) groups excluding carboxylic acids is 1. The van der Waals surface area contributed by atoms with Crippen molar-refractivity contribution in [2.75, 3.05) is 27.4 Å². The molecule has 4 rings (SSSR count). The fourth-order valence-corrected chi connectivity index (χ4v) is 5.14. The van der Waals surface area contributed by atoms with E-state index < -0.39 is 12.0 Å². The minimum atomic E-state index is -0.678. The Morgan fingerprint density at radius 2 is 1.81 bits per heavy atom. The van der Waals surface area contributed by atoms with Gasteiger partial charge in [0.1, 0.15) is 5.75 Å². The summed E-state index contributed by atoms with van der Waals surface area (Å²) in [6, 6.07) is 12.1. The van der Waals surface area contributed by atoms with Crippen LogP contribution in [0.15, 0.2) is 63.5 Å². The molecule has 0 saturated heterocycles. The van der Waals surface area contributed by atoms with Gasteiger partial charge in [-0.25, -0.2) is 9.79 Å². The molecule has 1 aliphatic rings. The SMILES string of the molecule is CCOC(=O)C1=C(C)N=c2s/c(=C/c3ccc(OCC)c(OC)c3)c(=O)n2[C@H]1c1ccc(OC)cc1. The molecular formula is C27H28N2O6S. The van der Waals surface area contributed by atoms with Gasteiger partial charge in [-0.3, -0.25) is 9.36 Å². The van der Waals surface area contributed by atoms with Crippen molar-refractivity contribution in [1.82, 2.24) is 4.57 Å². The summed E-state index contributed by atoms with van der Waals surface area (Å²) in [5, 5.41) is 0. The molecule has 1 aliphatic heterocycles. The summed E-state index contributed by atoms with van der Waals surface area (Å²) in [4.78, 5) is 31.8. The predicted octanol–water partition coefficient (Wildman–Crippen LogP) is 3.21. The molecule has 0 unspecified atom stereocenters. The molecule has 0 aliphatic carbocycles. The molecule has 36 heavy (non-hydrogen) atoms. The average molecular weight is 509 g/mol. The van der Waals surface area contributed by atoms with Crippen LogP contribution in [-0.4, -0.2) is 38.0 Å². The molecule has 0 saturated carbocycles. The lowest BCUT2D eigenvalue weighted by atomic mass is 9.96. The molecule has 2 aromatic carbocycles. The van der Waals surface area contributed by atoms with Crippen LogP contribution in [0.1, 0.15) is 37.9 Å². The normalized spacial score (nSPS) is 15.2. The molecule has 188 valence electrons. The van der Waals surface area contributed by atoms with Gasteiger partial charge in [0, 0.05) is 0 Å². The zero-order valence-electron chi connectivity index (χ0n) is 20.9. The number of esters is 1. The van der Waals surface area contributed by atoms with E-state index in [2.05, 4.69) is 4.99 Å². The van der Waals surface area contributed by atoms with Crippen molar-refractivity contribution >= 4 is 23.4 Å². The standard InChI is InChI=1S/C27H28N2O6S/c1-6-34-20-13-8-17(14-21(20)33-5)15-22-25(30)29-24(18-9-11-19(32-4)12-10-18)23(26(31)35-7-2)16(3)28-27(29)36-22/h8-15,24H,6-7H2,1-5H3/b22-15+/t24-/m0/s1. The summed E-state index contributed by atoms with van der Waals surface area (Å²) < 4.78 is 23.7. The van der Waals surface area contributed by atoms with E-state index in [0.29, 0.717) is 44.5 Å². The Hall–Kier alpha value is -3.85. The van der Waals surface area contributed by atoms with Gasteiger partial charge in [0.25, 0.3) is 5.56 Å². The van der Waals surface area contributed by atoms with E-state index in [4.69, 9.17) is 18.9 Å². The van der Waals surface area contributed by atoms with E-state index in [1.807, 2.05) is 37.3 Å². The summed E-state index contributed by atoms with van der Waals surface area (Å²) in [5.41, 5.74) is 2.14. The third kappa shape index (κ3) is 4.79. The van der Waals surface area contributed by atoms with Gasteiger partial charge in [-0.15, -0.1) is 0 Å². The van der Waals surface area contributed by atoms with Crippen molar-refractivity contribution < 1.29 is 23.7 Å². The molecule has 1 aromatic heterocycles. The van der Waals surface area contributed by atoms with Gasteiger partial charge in [0.2, 0.25) is 0 Å². The molecule has 3 aromatic rings. The lowest BCUT2D eigenvalue weighted by Gasteiger charge is -2.24. The van der Waals surface area contributed by atoms with Gasteiger partial charge < -0.3 is 18.9 Å². The number of thiazole rings is 1. The van der Waals surface area contributed by atoms with Gasteiger partial charge in [0.15, 0.2) is 16.3 Å². The number of rotatable bonds is 8. The Balaban J connectivity index is 1.89. The number of benzene rings is 2.